The molecular weight excluding hydrogens is 332 g/mol. The molecule has 25 heavy (non-hydrogen) atoms. The molecular formula is C19H16N4OS. The Balaban J connectivity index is 1.68. The standard InChI is InChI=1S/C19H16N4OS/c1-2-23-16-6-4-3-5-14(16)15-11-13(7-9-17(15)23)8-10-18(24)21-19-22-20-12-25-19/h3-12H,2H2,1H3,(H,21,22,24). The molecule has 0 aliphatic heterocycles. The van der Waals surface area contributed by atoms with Crippen LogP contribution in [0.25, 0.3) is 27.9 Å². The number of aromatic nitrogens is 3. The molecule has 4 rings (SSSR count). The smallest absolute Gasteiger partial charge is 0.250 e. The summed E-state index contributed by atoms with van der Waals surface area (Å²) in [5, 5.41) is 13.1. The lowest BCUT2D eigenvalue weighted by Gasteiger charge is -2.02. The fraction of sp³-hybridized carbons (Fsp3) is 0.105. The Morgan fingerprint density at radius 1 is 1.20 bits per heavy atom. The number of rotatable bonds is 4. The maximum atomic E-state index is 11.9. The Morgan fingerprint density at radius 2 is 2.04 bits per heavy atom. The second-order valence-corrected chi connectivity index (χ2v) is 6.44. The lowest BCUT2D eigenvalue weighted by Crippen LogP contribution is -2.07. The molecule has 0 saturated carbocycles. The highest BCUT2D eigenvalue weighted by molar-refractivity contribution is 7.13. The predicted molar refractivity (Wildman–Crippen MR) is 103 cm³/mol. The maximum absolute atomic E-state index is 11.9. The van der Waals surface area contributed by atoms with Crippen molar-refractivity contribution in [2.75, 3.05) is 5.32 Å². The van der Waals surface area contributed by atoms with Gasteiger partial charge in [0.2, 0.25) is 11.0 Å². The Morgan fingerprint density at radius 3 is 2.84 bits per heavy atom. The van der Waals surface area contributed by atoms with E-state index in [-0.39, 0.29) is 5.91 Å². The first-order valence-corrected chi connectivity index (χ1v) is 8.90. The number of nitrogens with zero attached hydrogens (tertiary/aromatic N) is 3. The molecule has 0 saturated heterocycles. The van der Waals surface area contributed by atoms with Crippen molar-refractivity contribution in [1.29, 1.82) is 0 Å². The van der Waals surface area contributed by atoms with Crippen LogP contribution in [0.5, 0.6) is 0 Å². The van der Waals surface area contributed by atoms with E-state index in [1.807, 2.05) is 12.1 Å². The quantitative estimate of drug-likeness (QED) is 0.559. The van der Waals surface area contributed by atoms with Gasteiger partial charge in [-0.15, -0.1) is 10.2 Å². The zero-order chi connectivity index (χ0) is 17.2. The molecule has 0 radical (unpaired) electrons. The van der Waals surface area contributed by atoms with E-state index in [4.69, 9.17) is 0 Å². The molecule has 0 spiro atoms. The molecule has 0 aliphatic carbocycles. The Labute approximate surface area is 148 Å². The van der Waals surface area contributed by atoms with Crippen LogP contribution in [0.3, 0.4) is 0 Å². The summed E-state index contributed by atoms with van der Waals surface area (Å²) in [4.78, 5) is 11.9. The summed E-state index contributed by atoms with van der Waals surface area (Å²) in [6, 6.07) is 14.7. The summed E-state index contributed by atoms with van der Waals surface area (Å²) in [5.41, 5.74) is 5.00. The molecule has 0 fully saturated rings. The van der Waals surface area contributed by atoms with Gasteiger partial charge >= 0.3 is 0 Å². The van der Waals surface area contributed by atoms with E-state index < -0.39 is 0 Å². The molecule has 2 heterocycles. The van der Waals surface area contributed by atoms with Crippen molar-refractivity contribution >= 4 is 50.3 Å². The van der Waals surface area contributed by atoms with Crippen molar-refractivity contribution in [3.63, 3.8) is 0 Å². The van der Waals surface area contributed by atoms with Crippen LogP contribution >= 0.6 is 11.3 Å². The van der Waals surface area contributed by atoms with Gasteiger partial charge in [0.25, 0.3) is 0 Å². The molecule has 0 aliphatic rings. The molecule has 0 bridgehead atoms. The second kappa shape index (κ2) is 6.49. The number of hydrogen-bond donors (Lipinski definition) is 1. The third kappa shape index (κ3) is 2.92. The van der Waals surface area contributed by atoms with E-state index in [0.717, 1.165) is 12.1 Å². The zero-order valence-electron chi connectivity index (χ0n) is 13.6. The average molecular weight is 348 g/mol. The van der Waals surface area contributed by atoms with Crippen LogP contribution in [-0.2, 0) is 11.3 Å². The third-order valence-electron chi connectivity index (χ3n) is 4.13. The normalized spacial score (nSPS) is 11.6. The number of para-hydroxylation sites is 1. The highest BCUT2D eigenvalue weighted by atomic mass is 32.1. The fourth-order valence-corrected chi connectivity index (χ4v) is 3.51. The monoisotopic (exact) mass is 348 g/mol. The van der Waals surface area contributed by atoms with Gasteiger partial charge in [0, 0.05) is 34.4 Å². The van der Waals surface area contributed by atoms with Crippen molar-refractivity contribution in [1.82, 2.24) is 14.8 Å². The van der Waals surface area contributed by atoms with Crippen molar-refractivity contribution < 1.29 is 4.79 Å². The van der Waals surface area contributed by atoms with E-state index in [1.165, 1.54) is 39.2 Å². The van der Waals surface area contributed by atoms with Crippen molar-refractivity contribution in [3.05, 3.63) is 59.6 Å². The summed E-state index contributed by atoms with van der Waals surface area (Å²) in [6.45, 7) is 3.07. The number of carbonyl (C=O) groups excluding carboxylic acids is 1. The van der Waals surface area contributed by atoms with Gasteiger partial charge in [-0.05, 0) is 36.8 Å². The zero-order valence-corrected chi connectivity index (χ0v) is 14.5. The second-order valence-electron chi connectivity index (χ2n) is 5.60. The van der Waals surface area contributed by atoms with Crippen LogP contribution in [0.1, 0.15) is 12.5 Å². The van der Waals surface area contributed by atoms with E-state index >= 15 is 0 Å². The molecule has 2 aromatic heterocycles. The third-order valence-corrected chi connectivity index (χ3v) is 4.74. The first kappa shape index (κ1) is 15.5. The van der Waals surface area contributed by atoms with Gasteiger partial charge in [0.05, 0.1) is 0 Å². The molecule has 1 N–H and O–H groups in total. The van der Waals surface area contributed by atoms with E-state index in [2.05, 4.69) is 63.4 Å². The van der Waals surface area contributed by atoms with E-state index in [0.29, 0.717) is 5.13 Å². The average Bonchev–Trinajstić information content (AvgIpc) is 3.25. The fourth-order valence-electron chi connectivity index (χ4n) is 3.06. The van der Waals surface area contributed by atoms with Crippen LogP contribution in [0.4, 0.5) is 5.13 Å². The first-order valence-electron chi connectivity index (χ1n) is 8.02. The largest absolute Gasteiger partial charge is 0.341 e. The van der Waals surface area contributed by atoms with Gasteiger partial charge in [-0.1, -0.05) is 35.6 Å². The number of amides is 1. The lowest BCUT2D eigenvalue weighted by molar-refractivity contribution is -0.111. The van der Waals surface area contributed by atoms with Crippen LogP contribution < -0.4 is 5.32 Å². The van der Waals surface area contributed by atoms with Gasteiger partial charge in [0.1, 0.15) is 5.51 Å². The summed E-state index contributed by atoms with van der Waals surface area (Å²) >= 11 is 1.29. The number of aryl methyl sites for hydroxylation is 1. The summed E-state index contributed by atoms with van der Waals surface area (Å²) in [6.07, 6.45) is 3.33. The number of anilines is 1. The van der Waals surface area contributed by atoms with Crippen LogP contribution in [0, 0.1) is 0 Å². The molecule has 0 unspecified atom stereocenters. The van der Waals surface area contributed by atoms with Gasteiger partial charge in [-0.3, -0.25) is 10.1 Å². The molecule has 124 valence electrons. The minimum absolute atomic E-state index is 0.215. The first-order chi connectivity index (χ1) is 12.3. The highest BCUT2D eigenvalue weighted by Crippen LogP contribution is 2.29. The minimum Gasteiger partial charge on any atom is -0.341 e. The molecule has 2 aromatic carbocycles. The number of nitrogens with one attached hydrogen (secondary N) is 1. The topological polar surface area (TPSA) is 59.8 Å². The number of carbonyl (C=O) groups is 1. The molecule has 4 aromatic rings. The summed E-state index contributed by atoms with van der Waals surface area (Å²) in [5.74, 6) is -0.215. The molecule has 6 heteroatoms. The summed E-state index contributed by atoms with van der Waals surface area (Å²) in [7, 11) is 0. The Bertz CT molecular complexity index is 1080. The van der Waals surface area contributed by atoms with E-state index in [1.54, 1.807) is 5.51 Å². The molecule has 5 nitrogen and oxygen atoms in total. The van der Waals surface area contributed by atoms with Crippen molar-refractivity contribution in [2.45, 2.75) is 13.5 Å². The van der Waals surface area contributed by atoms with Crippen molar-refractivity contribution in [2.24, 2.45) is 0 Å². The Kier molecular flexibility index (Phi) is 4.03. The minimum atomic E-state index is -0.215. The van der Waals surface area contributed by atoms with Crippen LogP contribution in [-0.4, -0.2) is 20.7 Å². The molecule has 1 amide bonds. The SMILES string of the molecule is CCn1c2ccccc2c2cc(C=CC(=O)Nc3nncs3)ccc21. The number of fused-ring (bicyclic) bond motifs is 3. The van der Waals surface area contributed by atoms with Gasteiger partial charge in [-0.2, -0.15) is 0 Å². The number of benzene rings is 2. The lowest BCUT2D eigenvalue weighted by atomic mass is 10.1. The summed E-state index contributed by atoms with van der Waals surface area (Å²) < 4.78 is 2.31. The van der Waals surface area contributed by atoms with Crippen LogP contribution in [0.15, 0.2) is 54.1 Å². The van der Waals surface area contributed by atoms with Crippen molar-refractivity contribution in [3.8, 4) is 0 Å². The van der Waals surface area contributed by atoms with Crippen LogP contribution in [0.2, 0.25) is 0 Å². The van der Waals surface area contributed by atoms with Gasteiger partial charge in [0.15, 0.2) is 0 Å². The highest BCUT2D eigenvalue weighted by Gasteiger charge is 2.09. The predicted octanol–water partition coefficient (Wildman–Crippen LogP) is 4.32. The van der Waals surface area contributed by atoms with E-state index in [9.17, 15) is 4.79 Å². The van der Waals surface area contributed by atoms with Gasteiger partial charge in [-0.25, -0.2) is 0 Å². The van der Waals surface area contributed by atoms with Gasteiger partial charge < -0.3 is 4.57 Å². The number of hydrogen-bond acceptors (Lipinski definition) is 4. The Hall–Kier alpha value is -2.99. The maximum Gasteiger partial charge on any atom is 0.250 e. The molecule has 0 atom stereocenters.